The molecular weight excluding hydrogens is 238 g/mol. The quantitative estimate of drug-likeness (QED) is 0.680. The van der Waals surface area contributed by atoms with Crippen LogP contribution >= 0.6 is 0 Å². The van der Waals surface area contributed by atoms with Crippen molar-refractivity contribution in [2.75, 3.05) is 20.3 Å². The smallest absolute Gasteiger partial charge is 0.272 e. The molecule has 7 nitrogen and oxygen atoms in total. The van der Waals surface area contributed by atoms with Crippen LogP contribution in [-0.4, -0.2) is 47.2 Å². The van der Waals surface area contributed by atoms with E-state index in [2.05, 4.69) is 10.4 Å². The van der Waals surface area contributed by atoms with Gasteiger partial charge in [0.1, 0.15) is 5.69 Å². The maximum atomic E-state index is 11.7. The van der Waals surface area contributed by atoms with E-state index in [1.807, 2.05) is 0 Å². The third-order valence-electron chi connectivity index (χ3n) is 2.26. The Labute approximate surface area is 104 Å². The molecular formula is C11H17N3O4. The molecule has 0 saturated carbocycles. The molecule has 0 saturated heterocycles. The van der Waals surface area contributed by atoms with Crippen molar-refractivity contribution in [3.8, 4) is 0 Å². The molecule has 1 rings (SSSR count). The monoisotopic (exact) mass is 255 g/mol. The van der Waals surface area contributed by atoms with Crippen molar-refractivity contribution in [1.29, 1.82) is 0 Å². The van der Waals surface area contributed by atoms with Crippen LogP contribution in [0.2, 0.25) is 0 Å². The summed E-state index contributed by atoms with van der Waals surface area (Å²) in [5.74, 6) is -0.428. The van der Waals surface area contributed by atoms with E-state index in [0.717, 1.165) is 0 Å². The van der Waals surface area contributed by atoms with E-state index in [-0.39, 0.29) is 30.4 Å². The number of methoxy groups -OCH3 is 1. The number of ether oxygens (including phenoxy) is 1. The van der Waals surface area contributed by atoms with Crippen LogP contribution in [-0.2, 0) is 11.3 Å². The molecule has 18 heavy (non-hydrogen) atoms. The minimum atomic E-state index is -0.428. The molecule has 0 aliphatic carbocycles. The Balaban J connectivity index is 2.83. The van der Waals surface area contributed by atoms with Gasteiger partial charge in [-0.25, -0.2) is 4.68 Å². The largest absolute Gasteiger partial charge is 0.394 e. The second-order valence-corrected chi connectivity index (χ2v) is 3.83. The maximum Gasteiger partial charge on any atom is 0.272 e. The molecule has 2 N–H and O–H groups in total. The van der Waals surface area contributed by atoms with E-state index < -0.39 is 5.91 Å². The standard InChI is InChI=1S/C11H17N3O4/c1-8(7-15)12-11(17)9-3-4-10(16)14(13-9)5-6-18-2/h3-4,8,15H,5-7H2,1-2H3,(H,12,17)/t8-/m1/s1. The summed E-state index contributed by atoms with van der Waals surface area (Å²) in [4.78, 5) is 23.2. The second kappa shape index (κ2) is 6.87. The first-order chi connectivity index (χ1) is 8.58. The SMILES string of the molecule is COCCn1nc(C(=O)N[C@H](C)CO)ccc1=O. The topological polar surface area (TPSA) is 93.5 Å². The van der Waals surface area contributed by atoms with Gasteiger partial charge in [-0.3, -0.25) is 9.59 Å². The summed E-state index contributed by atoms with van der Waals surface area (Å²) in [6, 6.07) is 2.27. The molecule has 0 aliphatic rings. The van der Waals surface area contributed by atoms with Crippen LogP contribution in [0.25, 0.3) is 0 Å². The highest BCUT2D eigenvalue weighted by Crippen LogP contribution is 1.92. The highest BCUT2D eigenvalue weighted by atomic mass is 16.5. The number of nitrogens with zero attached hydrogens (tertiary/aromatic N) is 2. The van der Waals surface area contributed by atoms with Gasteiger partial charge >= 0.3 is 0 Å². The van der Waals surface area contributed by atoms with E-state index >= 15 is 0 Å². The van der Waals surface area contributed by atoms with Crippen LogP contribution in [0.5, 0.6) is 0 Å². The average Bonchev–Trinajstić information content (AvgIpc) is 2.37. The molecule has 100 valence electrons. The van der Waals surface area contributed by atoms with Gasteiger partial charge in [-0.05, 0) is 13.0 Å². The summed E-state index contributed by atoms with van der Waals surface area (Å²) in [5, 5.41) is 15.3. The second-order valence-electron chi connectivity index (χ2n) is 3.83. The summed E-state index contributed by atoms with van der Waals surface area (Å²) >= 11 is 0. The predicted molar refractivity (Wildman–Crippen MR) is 64.4 cm³/mol. The molecule has 7 heteroatoms. The van der Waals surface area contributed by atoms with E-state index in [0.29, 0.717) is 6.61 Å². The molecule has 0 bridgehead atoms. The zero-order valence-electron chi connectivity index (χ0n) is 10.4. The predicted octanol–water partition coefficient (Wildman–Crippen LogP) is -1.000. The summed E-state index contributed by atoms with van der Waals surface area (Å²) in [6.45, 7) is 2.13. The highest BCUT2D eigenvalue weighted by Gasteiger charge is 2.11. The molecule has 0 unspecified atom stereocenters. The number of amides is 1. The number of nitrogens with one attached hydrogen (secondary N) is 1. The van der Waals surface area contributed by atoms with Crippen molar-refractivity contribution >= 4 is 5.91 Å². The minimum absolute atomic E-state index is 0.131. The fraction of sp³-hybridized carbons (Fsp3) is 0.545. The fourth-order valence-corrected chi connectivity index (χ4v) is 1.25. The molecule has 1 aromatic heterocycles. The van der Waals surface area contributed by atoms with Crippen molar-refractivity contribution in [1.82, 2.24) is 15.1 Å². The molecule has 0 aromatic carbocycles. The molecule has 1 amide bonds. The third-order valence-corrected chi connectivity index (χ3v) is 2.26. The minimum Gasteiger partial charge on any atom is -0.394 e. The molecule has 0 fully saturated rings. The normalized spacial score (nSPS) is 12.2. The van der Waals surface area contributed by atoms with Crippen LogP contribution in [0.4, 0.5) is 0 Å². The Hall–Kier alpha value is -1.73. The average molecular weight is 255 g/mol. The van der Waals surface area contributed by atoms with Crippen LogP contribution in [0.3, 0.4) is 0 Å². The zero-order chi connectivity index (χ0) is 13.5. The molecule has 1 aromatic rings. The number of rotatable bonds is 6. The van der Waals surface area contributed by atoms with Gasteiger partial charge in [0, 0.05) is 19.2 Å². The number of carbonyl (C=O) groups is 1. The van der Waals surface area contributed by atoms with E-state index in [9.17, 15) is 9.59 Å². The number of aliphatic hydroxyl groups is 1. The molecule has 0 radical (unpaired) electrons. The van der Waals surface area contributed by atoms with E-state index in [1.54, 1.807) is 6.92 Å². The van der Waals surface area contributed by atoms with Gasteiger partial charge in [-0.15, -0.1) is 0 Å². The van der Waals surface area contributed by atoms with Crippen LogP contribution in [0, 0.1) is 0 Å². The summed E-state index contributed by atoms with van der Waals surface area (Å²) in [7, 11) is 1.52. The Bertz CT molecular complexity index is 458. The molecule has 0 spiro atoms. The van der Waals surface area contributed by atoms with E-state index in [1.165, 1.54) is 23.9 Å². The zero-order valence-corrected chi connectivity index (χ0v) is 10.4. The highest BCUT2D eigenvalue weighted by molar-refractivity contribution is 5.92. The fourth-order valence-electron chi connectivity index (χ4n) is 1.25. The van der Waals surface area contributed by atoms with E-state index in [4.69, 9.17) is 9.84 Å². The van der Waals surface area contributed by atoms with Gasteiger partial charge in [0.05, 0.1) is 19.8 Å². The lowest BCUT2D eigenvalue weighted by molar-refractivity contribution is 0.0913. The van der Waals surface area contributed by atoms with Gasteiger partial charge in [0.25, 0.3) is 11.5 Å². The Kier molecular flexibility index (Phi) is 5.47. The van der Waals surface area contributed by atoms with Gasteiger partial charge in [0.15, 0.2) is 0 Å². The van der Waals surface area contributed by atoms with Gasteiger partial charge in [-0.1, -0.05) is 0 Å². The lowest BCUT2D eigenvalue weighted by Crippen LogP contribution is -2.37. The van der Waals surface area contributed by atoms with Crippen molar-refractivity contribution in [2.24, 2.45) is 0 Å². The van der Waals surface area contributed by atoms with Crippen molar-refractivity contribution in [2.45, 2.75) is 19.5 Å². The van der Waals surface area contributed by atoms with Crippen molar-refractivity contribution in [3.63, 3.8) is 0 Å². The van der Waals surface area contributed by atoms with Crippen LogP contribution < -0.4 is 10.9 Å². The number of aromatic nitrogens is 2. The third kappa shape index (κ3) is 3.94. The van der Waals surface area contributed by atoms with Crippen molar-refractivity contribution < 1.29 is 14.6 Å². The number of hydrogen-bond donors (Lipinski definition) is 2. The first-order valence-corrected chi connectivity index (χ1v) is 5.57. The molecule has 0 aliphatic heterocycles. The van der Waals surface area contributed by atoms with Crippen molar-refractivity contribution in [3.05, 3.63) is 28.2 Å². The Morgan fingerprint density at radius 1 is 1.61 bits per heavy atom. The van der Waals surface area contributed by atoms with Gasteiger partial charge in [0.2, 0.25) is 0 Å². The number of carbonyl (C=O) groups excluding carboxylic acids is 1. The van der Waals surface area contributed by atoms with Gasteiger partial charge < -0.3 is 15.2 Å². The maximum absolute atomic E-state index is 11.7. The number of aliphatic hydroxyl groups excluding tert-OH is 1. The number of hydrogen-bond acceptors (Lipinski definition) is 5. The summed E-state index contributed by atoms with van der Waals surface area (Å²) in [6.07, 6.45) is 0. The first kappa shape index (κ1) is 14.3. The summed E-state index contributed by atoms with van der Waals surface area (Å²) in [5.41, 5.74) is -0.162. The Morgan fingerprint density at radius 2 is 2.33 bits per heavy atom. The van der Waals surface area contributed by atoms with Gasteiger partial charge in [-0.2, -0.15) is 5.10 Å². The van der Waals surface area contributed by atoms with Crippen LogP contribution in [0.15, 0.2) is 16.9 Å². The summed E-state index contributed by atoms with van der Waals surface area (Å²) < 4.78 is 6.02. The molecule has 1 heterocycles. The first-order valence-electron chi connectivity index (χ1n) is 5.57. The lowest BCUT2D eigenvalue weighted by atomic mass is 10.3. The van der Waals surface area contributed by atoms with Crippen LogP contribution in [0.1, 0.15) is 17.4 Å². The Morgan fingerprint density at radius 3 is 2.94 bits per heavy atom. The molecule has 1 atom stereocenters. The lowest BCUT2D eigenvalue weighted by Gasteiger charge is -2.11.